The van der Waals surface area contributed by atoms with E-state index in [1.54, 1.807) is 13.3 Å². The van der Waals surface area contributed by atoms with E-state index in [-0.39, 0.29) is 0 Å². The smallest absolute Gasteiger partial charge is 0.124 e. The van der Waals surface area contributed by atoms with Crippen LogP contribution in [0.4, 0.5) is 0 Å². The van der Waals surface area contributed by atoms with Crippen molar-refractivity contribution in [2.45, 2.75) is 19.4 Å². The number of aliphatic hydroxyl groups is 1. The molecule has 1 atom stereocenters. The molecule has 0 aliphatic heterocycles. The van der Waals surface area contributed by atoms with Gasteiger partial charge in [0.25, 0.3) is 0 Å². The molecule has 0 aliphatic rings. The highest BCUT2D eigenvalue weighted by molar-refractivity contribution is 5.38. The molecular formula is C17H22N2O2. The summed E-state index contributed by atoms with van der Waals surface area (Å²) in [5, 5.41) is 13.6. The van der Waals surface area contributed by atoms with E-state index >= 15 is 0 Å². The zero-order valence-corrected chi connectivity index (χ0v) is 12.5. The number of aryl methyl sites for hydroxylation is 1. The Morgan fingerprint density at radius 3 is 2.90 bits per heavy atom. The minimum absolute atomic E-state index is 0.500. The third-order valence-corrected chi connectivity index (χ3v) is 3.40. The number of nitrogens with zero attached hydrogens (tertiary/aromatic N) is 1. The highest BCUT2D eigenvalue weighted by atomic mass is 16.5. The lowest BCUT2D eigenvalue weighted by atomic mass is 10.1. The minimum Gasteiger partial charge on any atom is -0.496 e. The topological polar surface area (TPSA) is 54.4 Å². The standard InChI is InChI=1S/C17H22N2O2/c1-13-5-6-17(21-2)15(10-13)16(20)12-19-9-7-14-4-3-8-18-11-14/h3-6,8,10-11,16,19-20H,7,9,12H2,1-2H3. The maximum absolute atomic E-state index is 10.3. The summed E-state index contributed by atoms with van der Waals surface area (Å²) in [6.07, 6.45) is 3.95. The maximum Gasteiger partial charge on any atom is 0.124 e. The number of aromatic nitrogens is 1. The molecule has 0 saturated carbocycles. The second-order valence-electron chi connectivity index (χ2n) is 5.08. The predicted octanol–water partition coefficient (Wildman–Crippen LogP) is 2.26. The summed E-state index contributed by atoms with van der Waals surface area (Å²) in [7, 11) is 1.62. The number of aliphatic hydroxyl groups excluding tert-OH is 1. The van der Waals surface area contributed by atoms with E-state index in [1.807, 2.05) is 37.4 Å². The van der Waals surface area contributed by atoms with E-state index < -0.39 is 6.10 Å². The van der Waals surface area contributed by atoms with Gasteiger partial charge in [0.1, 0.15) is 5.75 Å². The van der Waals surface area contributed by atoms with Crippen LogP contribution in [0.3, 0.4) is 0 Å². The average molecular weight is 286 g/mol. The zero-order chi connectivity index (χ0) is 15.1. The lowest BCUT2D eigenvalue weighted by Crippen LogP contribution is -2.24. The van der Waals surface area contributed by atoms with E-state index in [1.165, 1.54) is 5.56 Å². The second-order valence-corrected chi connectivity index (χ2v) is 5.08. The molecule has 1 unspecified atom stereocenters. The monoisotopic (exact) mass is 286 g/mol. The van der Waals surface area contributed by atoms with Crippen LogP contribution in [-0.4, -0.2) is 30.3 Å². The number of benzene rings is 1. The minimum atomic E-state index is -0.575. The van der Waals surface area contributed by atoms with Crippen molar-refractivity contribution in [3.8, 4) is 5.75 Å². The summed E-state index contributed by atoms with van der Waals surface area (Å²) in [6.45, 7) is 3.31. The summed E-state index contributed by atoms with van der Waals surface area (Å²) in [4.78, 5) is 4.08. The van der Waals surface area contributed by atoms with Gasteiger partial charge in [-0.3, -0.25) is 4.98 Å². The first-order chi connectivity index (χ1) is 10.2. The van der Waals surface area contributed by atoms with Gasteiger partial charge in [-0.2, -0.15) is 0 Å². The van der Waals surface area contributed by atoms with E-state index in [9.17, 15) is 5.11 Å². The Kier molecular flexibility index (Phi) is 5.72. The highest BCUT2D eigenvalue weighted by Gasteiger charge is 2.12. The summed E-state index contributed by atoms with van der Waals surface area (Å²) in [5.41, 5.74) is 3.12. The fraction of sp³-hybridized carbons (Fsp3) is 0.353. The molecule has 4 nitrogen and oxygen atoms in total. The molecule has 112 valence electrons. The van der Waals surface area contributed by atoms with Crippen LogP contribution >= 0.6 is 0 Å². The number of rotatable bonds is 7. The first kappa shape index (κ1) is 15.5. The fourth-order valence-corrected chi connectivity index (χ4v) is 2.24. The van der Waals surface area contributed by atoms with Crippen LogP contribution in [0.15, 0.2) is 42.7 Å². The molecule has 1 aromatic heterocycles. The van der Waals surface area contributed by atoms with Crippen LogP contribution in [0.2, 0.25) is 0 Å². The number of hydrogen-bond acceptors (Lipinski definition) is 4. The third kappa shape index (κ3) is 4.55. The average Bonchev–Trinajstić information content (AvgIpc) is 2.52. The van der Waals surface area contributed by atoms with Gasteiger partial charge in [0, 0.05) is 24.5 Å². The quantitative estimate of drug-likeness (QED) is 0.767. The molecule has 2 N–H and O–H groups in total. The Balaban J connectivity index is 1.84. The fourth-order valence-electron chi connectivity index (χ4n) is 2.24. The molecule has 1 aromatic carbocycles. The maximum atomic E-state index is 10.3. The van der Waals surface area contributed by atoms with Gasteiger partial charge in [-0.25, -0.2) is 0 Å². The van der Waals surface area contributed by atoms with E-state index in [0.717, 1.165) is 29.8 Å². The largest absolute Gasteiger partial charge is 0.496 e. The first-order valence-corrected chi connectivity index (χ1v) is 7.13. The van der Waals surface area contributed by atoms with E-state index in [4.69, 9.17) is 4.74 Å². The van der Waals surface area contributed by atoms with Crippen LogP contribution in [0.1, 0.15) is 22.8 Å². The van der Waals surface area contributed by atoms with Gasteiger partial charge in [-0.1, -0.05) is 17.7 Å². The summed E-state index contributed by atoms with van der Waals surface area (Å²) >= 11 is 0. The normalized spacial score (nSPS) is 12.1. The predicted molar refractivity (Wildman–Crippen MR) is 83.5 cm³/mol. The van der Waals surface area contributed by atoms with Gasteiger partial charge in [-0.15, -0.1) is 0 Å². The number of nitrogens with one attached hydrogen (secondary N) is 1. The van der Waals surface area contributed by atoms with Gasteiger partial charge < -0.3 is 15.2 Å². The molecule has 4 heteroatoms. The molecule has 0 saturated heterocycles. The highest BCUT2D eigenvalue weighted by Crippen LogP contribution is 2.25. The summed E-state index contributed by atoms with van der Waals surface area (Å²) in [5.74, 6) is 0.724. The molecule has 21 heavy (non-hydrogen) atoms. The molecule has 0 aliphatic carbocycles. The molecule has 1 heterocycles. The molecular weight excluding hydrogens is 264 g/mol. The van der Waals surface area contributed by atoms with Gasteiger partial charge in [0.05, 0.1) is 13.2 Å². The van der Waals surface area contributed by atoms with Crippen molar-refractivity contribution in [2.24, 2.45) is 0 Å². The van der Waals surface area contributed by atoms with Gasteiger partial charge in [0.15, 0.2) is 0 Å². The summed E-state index contributed by atoms with van der Waals surface area (Å²) < 4.78 is 5.30. The Labute approximate surface area is 125 Å². The number of methoxy groups -OCH3 is 1. The second kappa shape index (κ2) is 7.76. The van der Waals surface area contributed by atoms with Crippen molar-refractivity contribution in [2.75, 3.05) is 20.2 Å². The Hall–Kier alpha value is -1.91. The molecule has 0 radical (unpaired) electrons. The first-order valence-electron chi connectivity index (χ1n) is 7.13. The van der Waals surface area contributed by atoms with Crippen molar-refractivity contribution in [3.05, 3.63) is 59.4 Å². The van der Waals surface area contributed by atoms with Gasteiger partial charge in [0.2, 0.25) is 0 Å². The molecule has 0 amide bonds. The number of hydrogen-bond donors (Lipinski definition) is 2. The molecule has 0 fully saturated rings. The summed E-state index contributed by atoms with van der Waals surface area (Å²) in [6, 6.07) is 9.82. The van der Waals surface area contributed by atoms with Gasteiger partial charge in [-0.05, 0) is 43.7 Å². The van der Waals surface area contributed by atoms with E-state index in [0.29, 0.717) is 6.54 Å². The van der Waals surface area contributed by atoms with Gasteiger partial charge >= 0.3 is 0 Å². The Bertz CT molecular complexity index is 558. The Morgan fingerprint density at radius 1 is 1.33 bits per heavy atom. The van der Waals surface area contributed by atoms with Crippen molar-refractivity contribution < 1.29 is 9.84 Å². The molecule has 2 rings (SSSR count). The lowest BCUT2D eigenvalue weighted by Gasteiger charge is -2.16. The van der Waals surface area contributed by atoms with E-state index in [2.05, 4.69) is 16.4 Å². The lowest BCUT2D eigenvalue weighted by molar-refractivity contribution is 0.171. The third-order valence-electron chi connectivity index (χ3n) is 3.40. The van der Waals surface area contributed by atoms with Crippen molar-refractivity contribution in [1.82, 2.24) is 10.3 Å². The number of ether oxygens (including phenoxy) is 1. The Morgan fingerprint density at radius 2 is 2.19 bits per heavy atom. The van der Waals surface area contributed by atoms with Crippen LogP contribution in [0.5, 0.6) is 5.75 Å². The van der Waals surface area contributed by atoms with Crippen molar-refractivity contribution in [3.63, 3.8) is 0 Å². The van der Waals surface area contributed by atoms with Crippen LogP contribution in [0.25, 0.3) is 0 Å². The molecule has 0 bridgehead atoms. The number of pyridine rings is 1. The van der Waals surface area contributed by atoms with Crippen LogP contribution < -0.4 is 10.1 Å². The zero-order valence-electron chi connectivity index (χ0n) is 12.5. The molecule has 2 aromatic rings. The van der Waals surface area contributed by atoms with Crippen LogP contribution in [0, 0.1) is 6.92 Å². The van der Waals surface area contributed by atoms with Crippen molar-refractivity contribution in [1.29, 1.82) is 0 Å². The molecule has 0 spiro atoms. The SMILES string of the molecule is COc1ccc(C)cc1C(O)CNCCc1cccnc1. The van der Waals surface area contributed by atoms with Crippen LogP contribution in [-0.2, 0) is 6.42 Å². The van der Waals surface area contributed by atoms with Crippen molar-refractivity contribution >= 4 is 0 Å².